The molecule has 1 aliphatic carbocycles. The molecular weight excluding hydrogens is 302 g/mol. The van der Waals surface area contributed by atoms with Crippen LogP contribution >= 0.6 is 15.9 Å². The number of imidazole rings is 1. The van der Waals surface area contributed by atoms with Crippen LogP contribution in [0.1, 0.15) is 44.1 Å². The van der Waals surface area contributed by atoms with Crippen LogP contribution in [0.5, 0.6) is 0 Å². The third kappa shape index (κ3) is 1.93. The smallest absolute Gasteiger partial charge is 0.127 e. The molecule has 4 heteroatoms. The molecule has 1 saturated heterocycles. The van der Waals surface area contributed by atoms with Crippen molar-refractivity contribution in [3.05, 3.63) is 28.5 Å². The van der Waals surface area contributed by atoms with Gasteiger partial charge >= 0.3 is 0 Å². The zero-order chi connectivity index (χ0) is 13.0. The van der Waals surface area contributed by atoms with Gasteiger partial charge in [-0.15, -0.1) is 0 Å². The Morgan fingerprint density at radius 3 is 2.84 bits per heavy atom. The summed E-state index contributed by atoms with van der Waals surface area (Å²) in [5.41, 5.74) is 2.42. The van der Waals surface area contributed by atoms with Crippen molar-refractivity contribution >= 4 is 27.0 Å². The highest BCUT2D eigenvalue weighted by Gasteiger charge is 2.34. The molecule has 19 heavy (non-hydrogen) atoms. The average Bonchev–Trinajstić information content (AvgIpc) is 3.03. The number of hydrogen-bond donors (Lipinski definition) is 1. The van der Waals surface area contributed by atoms with Gasteiger partial charge in [0.05, 0.1) is 17.1 Å². The van der Waals surface area contributed by atoms with E-state index in [1.54, 1.807) is 0 Å². The fourth-order valence-corrected chi connectivity index (χ4v) is 3.56. The quantitative estimate of drug-likeness (QED) is 0.912. The van der Waals surface area contributed by atoms with E-state index in [1.807, 2.05) is 0 Å². The summed E-state index contributed by atoms with van der Waals surface area (Å²) in [6.45, 7) is 3.45. The first-order chi connectivity index (χ1) is 9.24. The van der Waals surface area contributed by atoms with Crippen molar-refractivity contribution in [1.82, 2.24) is 14.9 Å². The predicted octanol–water partition coefficient (Wildman–Crippen LogP) is 3.80. The molecule has 1 N–H and O–H groups in total. The second kappa shape index (κ2) is 4.32. The van der Waals surface area contributed by atoms with E-state index in [0.717, 1.165) is 16.5 Å². The van der Waals surface area contributed by atoms with Crippen LogP contribution in [0.25, 0.3) is 11.0 Å². The molecule has 1 aromatic carbocycles. The Kier molecular flexibility index (Phi) is 2.71. The van der Waals surface area contributed by atoms with Crippen LogP contribution in [0.3, 0.4) is 0 Å². The number of hydrogen-bond acceptors (Lipinski definition) is 2. The number of rotatable bonds is 2. The van der Waals surface area contributed by atoms with Crippen LogP contribution in [0.15, 0.2) is 22.7 Å². The van der Waals surface area contributed by atoms with E-state index in [2.05, 4.69) is 50.9 Å². The predicted molar refractivity (Wildman–Crippen MR) is 80.2 cm³/mol. The lowest BCUT2D eigenvalue weighted by atomic mass is 10.0. The molecule has 0 amide bonds. The fraction of sp³-hybridized carbons (Fsp3) is 0.533. The number of aromatic nitrogens is 2. The third-order valence-electron chi connectivity index (χ3n) is 4.40. The van der Waals surface area contributed by atoms with E-state index in [9.17, 15) is 0 Å². The Hall–Kier alpha value is -0.870. The third-order valence-corrected chi connectivity index (χ3v) is 4.90. The van der Waals surface area contributed by atoms with Crippen LogP contribution in [0.4, 0.5) is 0 Å². The van der Waals surface area contributed by atoms with Gasteiger partial charge in [0, 0.05) is 10.5 Å². The standard InChI is InChI=1S/C15H18BrN3/c1-9-6-7-17-14(9)15-18-12-8-10(16)2-5-13(12)19(15)11-3-4-11/h2,5,8-9,11,14,17H,3-4,6-7H2,1H3. The van der Waals surface area contributed by atoms with Gasteiger partial charge in [0.25, 0.3) is 0 Å². The van der Waals surface area contributed by atoms with Crippen molar-refractivity contribution in [1.29, 1.82) is 0 Å². The minimum atomic E-state index is 0.423. The maximum absolute atomic E-state index is 4.94. The highest BCUT2D eigenvalue weighted by Crippen LogP contribution is 2.42. The van der Waals surface area contributed by atoms with Gasteiger partial charge in [-0.1, -0.05) is 22.9 Å². The number of halogens is 1. The van der Waals surface area contributed by atoms with Gasteiger partial charge in [-0.05, 0) is 49.9 Å². The highest BCUT2D eigenvalue weighted by atomic mass is 79.9. The zero-order valence-corrected chi connectivity index (χ0v) is 12.7. The molecule has 4 rings (SSSR count). The fourth-order valence-electron chi connectivity index (χ4n) is 3.21. The van der Waals surface area contributed by atoms with E-state index < -0.39 is 0 Å². The van der Waals surface area contributed by atoms with Crippen LogP contribution in [0.2, 0.25) is 0 Å². The van der Waals surface area contributed by atoms with Crippen LogP contribution < -0.4 is 5.32 Å². The van der Waals surface area contributed by atoms with Crippen molar-refractivity contribution in [2.75, 3.05) is 6.54 Å². The molecule has 2 atom stereocenters. The molecule has 2 unspecified atom stereocenters. The Balaban J connectivity index is 1.91. The molecule has 1 aromatic heterocycles. The summed E-state index contributed by atoms with van der Waals surface area (Å²) in [6, 6.07) is 7.56. The van der Waals surface area contributed by atoms with E-state index in [1.165, 1.54) is 30.6 Å². The van der Waals surface area contributed by atoms with Crippen LogP contribution in [0, 0.1) is 5.92 Å². The lowest BCUT2D eigenvalue weighted by Crippen LogP contribution is -2.21. The molecule has 2 heterocycles. The Morgan fingerprint density at radius 2 is 2.16 bits per heavy atom. The lowest BCUT2D eigenvalue weighted by Gasteiger charge is -2.17. The van der Waals surface area contributed by atoms with E-state index in [-0.39, 0.29) is 0 Å². The van der Waals surface area contributed by atoms with Crippen LogP contribution in [-0.4, -0.2) is 16.1 Å². The zero-order valence-electron chi connectivity index (χ0n) is 11.1. The summed E-state index contributed by atoms with van der Waals surface area (Å²) >= 11 is 3.55. The molecule has 100 valence electrons. The second-order valence-corrected chi connectivity index (χ2v) is 6.82. The first kappa shape index (κ1) is 11.9. The topological polar surface area (TPSA) is 29.9 Å². The largest absolute Gasteiger partial charge is 0.324 e. The Morgan fingerprint density at radius 1 is 1.32 bits per heavy atom. The molecule has 0 spiro atoms. The van der Waals surface area contributed by atoms with Crippen molar-refractivity contribution in [3.8, 4) is 0 Å². The minimum Gasteiger partial charge on any atom is -0.324 e. The van der Waals surface area contributed by atoms with Gasteiger partial charge in [0.1, 0.15) is 5.82 Å². The molecule has 2 aliphatic rings. The maximum Gasteiger partial charge on any atom is 0.127 e. The summed E-state index contributed by atoms with van der Waals surface area (Å²) in [6.07, 6.45) is 3.85. The van der Waals surface area contributed by atoms with Gasteiger partial charge in [-0.2, -0.15) is 0 Å². The summed E-state index contributed by atoms with van der Waals surface area (Å²) in [5, 5.41) is 3.63. The molecule has 2 fully saturated rings. The maximum atomic E-state index is 4.94. The van der Waals surface area contributed by atoms with Gasteiger partial charge in [-0.25, -0.2) is 4.98 Å². The SMILES string of the molecule is CC1CCNC1c1nc2cc(Br)ccc2n1C1CC1. The summed E-state index contributed by atoms with van der Waals surface area (Å²) in [7, 11) is 0. The highest BCUT2D eigenvalue weighted by molar-refractivity contribution is 9.10. The first-order valence-electron chi connectivity index (χ1n) is 7.15. The van der Waals surface area contributed by atoms with Gasteiger partial charge < -0.3 is 9.88 Å². The number of fused-ring (bicyclic) bond motifs is 1. The molecule has 1 aliphatic heterocycles. The molecule has 0 bridgehead atoms. The molecule has 0 radical (unpaired) electrons. The normalized spacial score (nSPS) is 27.3. The van der Waals surface area contributed by atoms with Gasteiger partial charge in [0.2, 0.25) is 0 Å². The summed E-state index contributed by atoms with van der Waals surface area (Å²) in [5.74, 6) is 1.93. The second-order valence-electron chi connectivity index (χ2n) is 5.90. The van der Waals surface area contributed by atoms with E-state index in [4.69, 9.17) is 4.98 Å². The van der Waals surface area contributed by atoms with Crippen molar-refractivity contribution in [2.45, 2.75) is 38.3 Å². The summed E-state index contributed by atoms with van der Waals surface area (Å²) < 4.78 is 3.60. The van der Waals surface area contributed by atoms with E-state index >= 15 is 0 Å². The first-order valence-corrected chi connectivity index (χ1v) is 7.94. The average molecular weight is 320 g/mol. The van der Waals surface area contributed by atoms with Crippen molar-refractivity contribution in [3.63, 3.8) is 0 Å². The molecular formula is C15H18BrN3. The number of benzene rings is 1. The number of nitrogens with zero attached hydrogens (tertiary/aromatic N) is 2. The molecule has 2 aromatic rings. The van der Waals surface area contributed by atoms with Gasteiger partial charge in [0.15, 0.2) is 0 Å². The van der Waals surface area contributed by atoms with Gasteiger partial charge in [-0.3, -0.25) is 0 Å². The van der Waals surface area contributed by atoms with Crippen molar-refractivity contribution in [2.24, 2.45) is 5.92 Å². The van der Waals surface area contributed by atoms with Crippen molar-refractivity contribution < 1.29 is 0 Å². The van der Waals surface area contributed by atoms with E-state index in [0.29, 0.717) is 18.0 Å². The molecule has 3 nitrogen and oxygen atoms in total. The monoisotopic (exact) mass is 319 g/mol. The summed E-state index contributed by atoms with van der Waals surface area (Å²) in [4.78, 5) is 4.94. The lowest BCUT2D eigenvalue weighted by molar-refractivity contribution is 0.460. The number of nitrogens with one attached hydrogen (secondary N) is 1. The van der Waals surface area contributed by atoms with Crippen LogP contribution in [-0.2, 0) is 0 Å². The Labute approximate surface area is 121 Å². The Bertz CT molecular complexity index is 630. The minimum absolute atomic E-state index is 0.423. The molecule has 1 saturated carbocycles.